The number of halogens is 3. The molecule has 0 aliphatic rings. The third kappa shape index (κ3) is 8.58. The van der Waals surface area contributed by atoms with Gasteiger partial charge in [0.25, 0.3) is 0 Å². The van der Waals surface area contributed by atoms with Crippen LogP contribution in [0.1, 0.15) is 36.4 Å². The number of benzene rings is 2. The molecule has 3 rings (SSSR count). The van der Waals surface area contributed by atoms with Crippen molar-refractivity contribution in [3.8, 4) is 0 Å². The van der Waals surface area contributed by atoms with Crippen molar-refractivity contribution >= 4 is 22.8 Å². The molecule has 0 saturated heterocycles. The van der Waals surface area contributed by atoms with Crippen LogP contribution < -0.4 is 37.2 Å². The Morgan fingerprint density at radius 1 is 0.600 bits per heavy atom. The second-order valence-electron chi connectivity index (χ2n) is 6.47. The van der Waals surface area contributed by atoms with Crippen LogP contribution in [-0.4, -0.2) is 16.4 Å². The second kappa shape index (κ2) is 14.3. The molecule has 0 bridgehead atoms. The van der Waals surface area contributed by atoms with Gasteiger partial charge in [0.2, 0.25) is 0 Å². The van der Waals surface area contributed by atoms with Gasteiger partial charge in [0.1, 0.15) is 0 Å². The number of aliphatic imine (C=N–C) groups is 2. The average Bonchev–Trinajstić information content (AvgIpc) is 2.65. The van der Waals surface area contributed by atoms with Crippen molar-refractivity contribution in [1.29, 1.82) is 0 Å². The molecule has 0 aliphatic carbocycles. The van der Waals surface area contributed by atoms with Crippen molar-refractivity contribution in [3.05, 3.63) is 89.2 Å². The molecule has 0 unspecified atom stereocenters. The fourth-order valence-electron chi connectivity index (χ4n) is 2.58. The molecule has 0 spiro atoms. The van der Waals surface area contributed by atoms with Gasteiger partial charge in [-0.15, -0.1) is 0 Å². The monoisotopic (exact) mass is 505 g/mol. The average molecular weight is 507 g/mol. The zero-order valence-corrected chi connectivity index (χ0v) is 20.5. The summed E-state index contributed by atoms with van der Waals surface area (Å²) < 4.78 is 0. The van der Waals surface area contributed by atoms with Crippen LogP contribution >= 0.6 is 0 Å². The van der Waals surface area contributed by atoms with Gasteiger partial charge < -0.3 is 37.2 Å². The largest absolute Gasteiger partial charge is 3.00 e. The summed E-state index contributed by atoms with van der Waals surface area (Å²) >= 11 is 0. The summed E-state index contributed by atoms with van der Waals surface area (Å²) in [7, 11) is 0. The molecular formula is C23H23Cl3CoN3. The molecule has 2 aromatic carbocycles. The molecule has 30 heavy (non-hydrogen) atoms. The Hall–Kier alpha value is -1.69. The van der Waals surface area contributed by atoms with Crippen molar-refractivity contribution in [2.75, 3.05) is 0 Å². The van der Waals surface area contributed by atoms with Gasteiger partial charge in [-0.1, -0.05) is 41.5 Å². The fourth-order valence-corrected chi connectivity index (χ4v) is 2.58. The first-order chi connectivity index (χ1) is 12.5. The Kier molecular flexibility index (Phi) is 14.6. The molecule has 3 aromatic rings. The van der Waals surface area contributed by atoms with Crippen LogP contribution in [0.4, 0.5) is 11.4 Å². The third-order valence-corrected chi connectivity index (χ3v) is 4.15. The van der Waals surface area contributed by atoms with E-state index in [9.17, 15) is 0 Å². The SMILES string of the molecule is CC(=Nc1ccc(C)cc1)c1cccc(C(C)=Nc2ccc(C)cc2)n1.[Cl-].[Cl-].[Cl-].[Co+3]. The predicted octanol–water partition coefficient (Wildman–Crippen LogP) is -3.01. The molecule has 0 atom stereocenters. The molecule has 0 saturated carbocycles. The van der Waals surface area contributed by atoms with Gasteiger partial charge in [-0.25, -0.2) is 4.98 Å². The number of aromatic nitrogens is 1. The van der Waals surface area contributed by atoms with Crippen LogP contribution in [0.15, 0.2) is 76.7 Å². The normalized spacial score (nSPS) is 10.7. The van der Waals surface area contributed by atoms with Crippen LogP contribution in [0.5, 0.6) is 0 Å². The standard InChI is InChI=1S/C23H23N3.3ClH.Co/c1-16-8-12-20(13-9-16)24-18(3)22-6-5-7-23(26-22)19(4)25-21-14-10-17(2)11-15-21;;;;/h5-15H,1-4H3;3*1H;/q;;;;+3/p-3. The van der Waals surface area contributed by atoms with E-state index in [1.54, 1.807) is 0 Å². The molecule has 0 radical (unpaired) electrons. The van der Waals surface area contributed by atoms with E-state index in [0.29, 0.717) is 0 Å². The maximum atomic E-state index is 4.74. The van der Waals surface area contributed by atoms with E-state index >= 15 is 0 Å². The van der Waals surface area contributed by atoms with E-state index in [1.807, 2.05) is 56.3 Å². The first kappa shape index (κ1) is 30.5. The summed E-state index contributed by atoms with van der Waals surface area (Å²) in [5.74, 6) is 0. The van der Waals surface area contributed by atoms with E-state index in [1.165, 1.54) is 11.1 Å². The topological polar surface area (TPSA) is 37.6 Å². The zero-order valence-electron chi connectivity index (χ0n) is 17.2. The van der Waals surface area contributed by atoms with E-state index < -0.39 is 0 Å². The van der Waals surface area contributed by atoms with E-state index in [4.69, 9.17) is 4.98 Å². The van der Waals surface area contributed by atoms with Gasteiger partial charge in [-0.05, 0) is 64.1 Å². The Labute approximate surface area is 208 Å². The smallest absolute Gasteiger partial charge is 1.00 e. The summed E-state index contributed by atoms with van der Waals surface area (Å²) in [6, 6.07) is 22.3. The number of nitrogens with zero attached hydrogens (tertiary/aromatic N) is 3. The Morgan fingerprint density at radius 2 is 0.933 bits per heavy atom. The van der Waals surface area contributed by atoms with Gasteiger partial charge in [0.15, 0.2) is 0 Å². The van der Waals surface area contributed by atoms with Crippen LogP contribution in [0.3, 0.4) is 0 Å². The number of aryl methyl sites for hydroxylation is 2. The molecule has 0 N–H and O–H groups in total. The molecule has 3 nitrogen and oxygen atoms in total. The summed E-state index contributed by atoms with van der Waals surface area (Å²) in [4.78, 5) is 14.1. The Morgan fingerprint density at radius 3 is 1.27 bits per heavy atom. The number of hydrogen-bond acceptors (Lipinski definition) is 3. The number of rotatable bonds is 4. The summed E-state index contributed by atoms with van der Waals surface area (Å²) in [6.45, 7) is 8.11. The fraction of sp³-hybridized carbons (Fsp3) is 0.174. The van der Waals surface area contributed by atoms with Crippen LogP contribution in [0.2, 0.25) is 0 Å². The van der Waals surface area contributed by atoms with Gasteiger partial charge in [-0.3, -0.25) is 9.98 Å². The maximum absolute atomic E-state index is 4.74. The van der Waals surface area contributed by atoms with E-state index in [-0.39, 0.29) is 54.0 Å². The quantitative estimate of drug-likeness (QED) is 0.348. The van der Waals surface area contributed by atoms with Crippen LogP contribution in [0.25, 0.3) is 0 Å². The molecule has 160 valence electrons. The van der Waals surface area contributed by atoms with Crippen molar-refractivity contribution in [2.45, 2.75) is 27.7 Å². The van der Waals surface area contributed by atoms with Crippen molar-refractivity contribution in [2.24, 2.45) is 9.98 Å². The minimum atomic E-state index is 0. The van der Waals surface area contributed by atoms with Crippen molar-refractivity contribution in [3.63, 3.8) is 0 Å². The minimum Gasteiger partial charge on any atom is -1.00 e. The van der Waals surface area contributed by atoms with Crippen molar-refractivity contribution < 1.29 is 54.0 Å². The van der Waals surface area contributed by atoms with Gasteiger partial charge in [0.05, 0.1) is 34.2 Å². The molecule has 1 aromatic heterocycles. The predicted molar refractivity (Wildman–Crippen MR) is 110 cm³/mol. The minimum absolute atomic E-state index is 0. The Balaban J connectivity index is 0. The molecular weight excluding hydrogens is 484 g/mol. The van der Waals surface area contributed by atoms with Crippen LogP contribution in [-0.2, 0) is 16.8 Å². The number of hydrogen-bond donors (Lipinski definition) is 0. The molecule has 7 heteroatoms. The Bertz CT molecular complexity index is 893. The molecule has 0 fully saturated rings. The van der Waals surface area contributed by atoms with Gasteiger partial charge in [0, 0.05) is 0 Å². The van der Waals surface area contributed by atoms with Crippen molar-refractivity contribution in [1.82, 2.24) is 4.98 Å². The first-order valence-electron chi connectivity index (χ1n) is 8.73. The second-order valence-corrected chi connectivity index (χ2v) is 6.47. The molecule has 0 aliphatic heterocycles. The van der Waals surface area contributed by atoms with E-state index in [2.05, 4.69) is 48.1 Å². The van der Waals surface area contributed by atoms with E-state index in [0.717, 1.165) is 34.2 Å². The van der Waals surface area contributed by atoms with Gasteiger partial charge >= 0.3 is 16.8 Å². The van der Waals surface area contributed by atoms with Gasteiger partial charge in [-0.2, -0.15) is 0 Å². The summed E-state index contributed by atoms with van der Waals surface area (Å²) in [5.41, 5.74) is 7.82. The maximum Gasteiger partial charge on any atom is 3.00 e. The molecule has 1 heterocycles. The van der Waals surface area contributed by atoms with Crippen LogP contribution in [0, 0.1) is 13.8 Å². The first-order valence-corrected chi connectivity index (χ1v) is 8.73. The zero-order chi connectivity index (χ0) is 18.5. The summed E-state index contributed by atoms with van der Waals surface area (Å²) in [5, 5.41) is 0. The molecule has 0 amide bonds. The third-order valence-electron chi connectivity index (χ3n) is 4.15. The summed E-state index contributed by atoms with van der Waals surface area (Å²) in [6.07, 6.45) is 0. The number of pyridine rings is 1.